The summed E-state index contributed by atoms with van der Waals surface area (Å²) in [5, 5.41) is 0.411. The topological polar surface area (TPSA) is 218 Å². The van der Waals surface area contributed by atoms with Crippen LogP contribution in [-0.4, -0.2) is 97.6 Å². The molecule has 2 saturated carbocycles. The van der Waals surface area contributed by atoms with Gasteiger partial charge in [0.15, 0.2) is 11.6 Å². The molecule has 3 fully saturated rings. The number of amides is 4. The van der Waals surface area contributed by atoms with Gasteiger partial charge in [0.2, 0.25) is 45.1 Å². The average molecular weight is 941 g/mol. The Kier molecular flexibility index (Phi) is 15.5. The van der Waals surface area contributed by atoms with Crippen molar-refractivity contribution in [3.8, 4) is 17.5 Å². The Morgan fingerprint density at radius 2 is 1.83 bits per heavy atom. The van der Waals surface area contributed by atoms with E-state index in [9.17, 15) is 40.8 Å². The van der Waals surface area contributed by atoms with Gasteiger partial charge in [0, 0.05) is 23.3 Å². The molecule has 0 bridgehead atoms. The number of likely N-dealkylation sites (tertiary alicyclic amines) is 1. The molecule has 4 amide bonds. The van der Waals surface area contributed by atoms with E-state index in [4.69, 9.17) is 19.9 Å². The zero-order valence-electron chi connectivity index (χ0n) is 37.3. The molecule has 2 aromatic rings. The summed E-state index contributed by atoms with van der Waals surface area (Å²) in [7, 11) is -2.31. The van der Waals surface area contributed by atoms with Crippen molar-refractivity contribution in [1.82, 2.24) is 25.5 Å². The van der Waals surface area contributed by atoms with Crippen molar-refractivity contribution < 1.29 is 64.1 Å². The van der Waals surface area contributed by atoms with Gasteiger partial charge in [-0.25, -0.2) is 23.0 Å². The highest BCUT2D eigenvalue weighted by Crippen LogP contribution is 2.40. The largest absolute Gasteiger partial charge is 0.494 e. The lowest BCUT2D eigenvalue weighted by molar-refractivity contribution is -0.244. The Morgan fingerprint density at radius 1 is 1.09 bits per heavy atom. The molecule has 3 heterocycles. The van der Waals surface area contributed by atoms with Crippen LogP contribution in [0.5, 0.6) is 17.5 Å². The fourth-order valence-corrected chi connectivity index (χ4v) is 10.3. The number of hydrogen-bond acceptors (Lipinski definition) is 12. The number of rotatable bonds is 19. The molecular weight excluding hydrogens is 881 g/mol. The SMILES string of the molecule is CC[C@H](C[C@H](C)CC/C=C\[C@@H]1CCCC1C(=O)NS(=O)(=O)C1CC1)[C@H](NNC(=O)OC(C)(C)C(F)(F)F)C(=O)N1C[C@H](Oc2nc3c(c4cc(OC)c(F)cc24)CCCO3)C[C@H]1C(N)=O. The predicted octanol–water partition coefficient (Wildman–Crippen LogP) is 5.89. The van der Waals surface area contributed by atoms with Gasteiger partial charge in [0.05, 0.1) is 25.5 Å². The molecule has 2 aliphatic heterocycles. The molecular formula is C44H60F4N6O10S. The van der Waals surface area contributed by atoms with Crippen LogP contribution in [0.25, 0.3) is 10.8 Å². The number of pyridine rings is 1. The molecule has 1 aromatic heterocycles. The molecule has 2 aliphatic carbocycles. The minimum atomic E-state index is -4.90. The second kappa shape index (κ2) is 20.3. The molecule has 5 N–H and O–H groups in total. The molecule has 21 heteroatoms. The zero-order chi connectivity index (χ0) is 47.4. The lowest BCUT2D eigenvalue weighted by Crippen LogP contribution is -2.59. The van der Waals surface area contributed by atoms with Crippen molar-refractivity contribution in [1.29, 1.82) is 0 Å². The van der Waals surface area contributed by atoms with Crippen molar-refractivity contribution in [2.45, 2.75) is 140 Å². The Bertz CT molecular complexity index is 2240. The lowest BCUT2D eigenvalue weighted by Gasteiger charge is -2.34. The van der Waals surface area contributed by atoms with E-state index in [1.807, 2.05) is 26.0 Å². The first-order chi connectivity index (χ1) is 30.6. The predicted molar refractivity (Wildman–Crippen MR) is 229 cm³/mol. The Hall–Kier alpha value is -4.92. The highest BCUT2D eigenvalue weighted by molar-refractivity contribution is 7.90. The molecule has 1 unspecified atom stereocenters. The molecule has 0 spiro atoms. The molecule has 16 nitrogen and oxygen atoms in total. The van der Waals surface area contributed by atoms with E-state index in [2.05, 4.69) is 25.3 Å². The zero-order valence-corrected chi connectivity index (χ0v) is 38.1. The summed E-state index contributed by atoms with van der Waals surface area (Å²) >= 11 is 0. The van der Waals surface area contributed by atoms with Crippen LogP contribution in [0.15, 0.2) is 24.3 Å². The number of nitrogens with zero attached hydrogens (tertiary/aromatic N) is 2. The van der Waals surface area contributed by atoms with E-state index in [-0.39, 0.29) is 36.4 Å². The number of methoxy groups -OCH3 is 1. The summed E-state index contributed by atoms with van der Waals surface area (Å²) in [4.78, 5) is 59.1. The maximum atomic E-state index is 15.1. The van der Waals surface area contributed by atoms with Crippen LogP contribution in [0.1, 0.15) is 104 Å². The monoisotopic (exact) mass is 940 g/mol. The van der Waals surface area contributed by atoms with E-state index in [1.165, 1.54) is 24.1 Å². The number of fused-ring (bicyclic) bond motifs is 3. The summed E-state index contributed by atoms with van der Waals surface area (Å²) in [6, 6.07) is 0.272. The van der Waals surface area contributed by atoms with E-state index in [0.29, 0.717) is 94.9 Å². The Labute approximate surface area is 376 Å². The molecule has 1 aromatic carbocycles. The van der Waals surface area contributed by atoms with Gasteiger partial charge in [0.25, 0.3) is 0 Å². The summed E-state index contributed by atoms with van der Waals surface area (Å²) in [5.41, 5.74) is 8.48. The molecule has 65 heavy (non-hydrogen) atoms. The highest BCUT2D eigenvalue weighted by Gasteiger charge is 2.51. The number of nitrogens with two attached hydrogens (primary N) is 1. The van der Waals surface area contributed by atoms with Gasteiger partial charge in [-0.05, 0) is 107 Å². The summed E-state index contributed by atoms with van der Waals surface area (Å²) in [5.74, 6) is -3.55. The number of aromatic nitrogens is 1. The van der Waals surface area contributed by atoms with Gasteiger partial charge in [-0.15, -0.1) is 0 Å². The van der Waals surface area contributed by atoms with Gasteiger partial charge < -0.3 is 29.6 Å². The smallest absolute Gasteiger partial charge is 0.427 e. The van der Waals surface area contributed by atoms with Crippen molar-refractivity contribution in [3.63, 3.8) is 0 Å². The third-order valence-corrected chi connectivity index (χ3v) is 14.8. The molecule has 360 valence electrons. The average Bonchev–Trinajstić information content (AvgIpc) is 3.87. The standard InChI is InChI=1S/C44H60F4N6O10S/c1-6-25(19-24(2)11-7-8-12-26-13-9-14-29(26)38(56)53-65(59,60)28-16-17-28)36(51-52-42(58)64-43(3,4)44(46,47)48)41(57)54-23-27(20-34(54)37(49)55)63-40-32-21-33(45)35(61-5)22-31(32)30-15-10-18-62-39(30)50-40/h8,12,21-22,24-29,34,36,51H,6-7,9-11,13-20,23H2,1-5H3,(H2,49,55)(H,52,58)(H,53,56)/b12-8-/t24-,25-,26-,27-,29?,34+,36+/m1/s1. The van der Waals surface area contributed by atoms with E-state index >= 15 is 4.39 Å². The summed E-state index contributed by atoms with van der Waals surface area (Å²) in [6.07, 6.45) is 3.04. The fraction of sp³-hybridized carbons (Fsp3) is 0.659. The Morgan fingerprint density at radius 3 is 2.49 bits per heavy atom. The summed E-state index contributed by atoms with van der Waals surface area (Å²) in [6.45, 7) is 5.34. The maximum absolute atomic E-state index is 15.1. The third kappa shape index (κ3) is 11.7. The first-order valence-corrected chi connectivity index (χ1v) is 23.8. The number of benzene rings is 1. The fourth-order valence-electron chi connectivity index (χ4n) is 8.95. The van der Waals surface area contributed by atoms with Crippen molar-refractivity contribution in [2.24, 2.45) is 29.4 Å². The van der Waals surface area contributed by atoms with Crippen LogP contribution in [-0.2, 0) is 35.6 Å². The van der Waals surface area contributed by atoms with Crippen LogP contribution in [0, 0.1) is 29.5 Å². The first kappa shape index (κ1) is 49.5. The number of ether oxygens (including phenoxy) is 4. The molecule has 4 aliphatic rings. The van der Waals surface area contributed by atoms with Crippen molar-refractivity contribution >= 4 is 44.6 Å². The molecule has 7 atom stereocenters. The minimum Gasteiger partial charge on any atom is -0.494 e. The number of hydrazine groups is 1. The van der Waals surface area contributed by atoms with Crippen molar-refractivity contribution in [2.75, 3.05) is 20.3 Å². The number of allylic oxidation sites excluding steroid dienone is 2. The van der Waals surface area contributed by atoms with E-state index in [0.717, 1.165) is 18.4 Å². The number of halogens is 4. The van der Waals surface area contributed by atoms with Gasteiger partial charge in [0.1, 0.15) is 18.2 Å². The van der Waals surface area contributed by atoms with Gasteiger partial charge in [-0.2, -0.15) is 18.2 Å². The number of hydrogen-bond donors (Lipinski definition) is 4. The van der Waals surface area contributed by atoms with Crippen LogP contribution < -0.4 is 35.5 Å². The normalized spacial score (nSPS) is 22.8. The maximum Gasteiger partial charge on any atom is 0.427 e. The third-order valence-electron chi connectivity index (χ3n) is 12.9. The number of carbonyl (C=O) groups is 4. The quantitative estimate of drug-likeness (QED) is 0.0736. The number of nitrogens with one attached hydrogen (secondary N) is 3. The van der Waals surface area contributed by atoms with Gasteiger partial charge in [-0.1, -0.05) is 38.8 Å². The number of aryl methyl sites for hydroxylation is 1. The van der Waals surface area contributed by atoms with Gasteiger partial charge in [-0.3, -0.25) is 24.5 Å². The van der Waals surface area contributed by atoms with E-state index < -0.39 is 86.7 Å². The number of carbonyl (C=O) groups excluding carboxylic acids is 4. The van der Waals surface area contributed by atoms with Crippen LogP contribution >= 0.6 is 0 Å². The second-order valence-corrected chi connectivity index (χ2v) is 20.1. The van der Waals surface area contributed by atoms with Gasteiger partial charge >= 0.3 is 12.3 Å². The minimum absolute atomic E-state index is 0.00126. The number of sulfonamides is 1. The van der Waals surface area contributed by atoms with Crippen molar-refractivity contribution in [3.05, 3.63) is 35.7 Å². The number of primary amides is 1. The Balaban J connectivity index is 1.17. The van der Waals surface area contributed by atoms with Crippen LogP contribution in [0.4, 0.5) is 22.4 Å². The van der Waals surface area contributed by atoms with Crippen LogP contribution in [0.3, 0.4) is 0 Å². The molecule has 1 saturated heterocycles. The first-order valence-electron chi connectivity index (χ1n) is 22.3. The lowest BCUT2D eigenvalue weighted by atomic mass is 9.85. The summed E-state index contributed by atoms with van der Waals surface area (Å²) < 4.78 is 105. The second-order valence-electron chi connectivity index (χ2n) is 18.1. The molecule has 0 radical (unpaired) electrons. The molecule has 6 rings (SSSR count). The highest BCUT2D eigenvalue weighted by atomic mass is 32.2. The number of alkyl halides is 3. The van der Waals surface area contributed by atoms with Crippen LogP contribution in [0.2, 0.25) is 0 Å². The van der Waals surface area contributed by atoms with E-state index in [1.54, 1.807) is 0 Å².